The summed E-state index contributed by atoms with van der Waals surface area (Å²) in [6.07, 6.45) is 5.11. The molecule has 1 saturated carbocycles. The Morgan fingerprint density at radius 1 is 1.31 bits per heavy atom. The van der Waals surface area contributed by atoms with Gasteiger partial charge < -0.3 is 10.8 Å². The summed E-state index contributed by atoms with van der Waals surface area (Å²) in [6.45, 7) is 5.80. The molecule has 2 aliphatic rings. The molecule has 2 fully saturated rings. The maximum absolute atomic E-state index is 9.21. The lowest BCUT2D eigenvalue weighted by Crippen LogP contribution is -2.45. The number of aliphatic hydroxyl groups is 1. The van der Waals surface area contributed by atoms with E-state index in [1.807, 2.05) is 0 Å². The molecule has 1 aliphatic carbocycles. The van der Waals surface area contributed by atoms with Crippen LogP contribution in [0.4, 0.5) is 0 Å². The van der Waals surface area contributed by atoms with Crippen LogP contribution in [-0.2, 0) is 0 Å². The number of hydrogen-bond donors (Lipinski definition) is 2. The molecule has 0 aromatic carbocycles. The lowest BCUT2D eigenvalue weighted by atomic mass is 9.78. The molecule has 0 aromatic rings. The molecule has 1 saturated heterocycles. The molecule has 0 aromatic heterocycles. The van der Waals surface area contributed by atoms with Gasteiger partial charge in [-0.25, -0.2) is 0 Å². The standard InChI is InChI=1S/C13H26N2O/c1-10-2-3-12(7-14)13(6-10)15-5-4-11(8-15)9-16/h10-13,16H,2-9,14H2,1H3. The van der Waals surface area contributed by atoms with E-state index in [1.54, 1.807) is 0 Å². The first-order chi connectivity index (χ1) is 7.74. The topological polar surface area (TPSA) is 49.5 Å². The molecule has 2 rings (SSSR count). The van der Waals surface area contributed by atoms with E-state index in [9.17, 15) is 5.11 Å². The maximum atomic E-state index is 9.21. The van der Waals surface area contributed by atoms with E-state index < -0.39 is 0 Å². The highest BCUT2D eigenvalue weighted by Crippen LogP contribution is 2.34. The number of likely N-dealkylation sites (tertiary alicyclic amines) is 1. The molecule has 16 heavy (non-hydrogen) atoms. The van der Waals surface area contributed by atoms with Gasteiger partial charge in [-0.05, 0) is 50.1 Å². The van der Waals surface area contributed by atoms with E-state index in [0.717, 1.165) is 19.0 Å². The average Bonchev–Trinajstić information content (AvgIpc) is 2.77. The minimum absolute atomic E-state index is 0.353. The Morgan fingerprint density at radius 2 is 2.12 bits per heavy atom. The van der Waals surface area contributed by atoms with Crippen molar-refractivity contribution in [2.75, 3.05) is 26.2 Å². The third-order valence-electron chi connectivity index (χ3n) is 4.57. The van der Waals surface area contributed by atoms with E-state index >= 15 is 0 Å². The van der Waals surface area contributed by atoms with Crippen molar-refractivity contribution in [2.45, 2.75) is 38.6 Å². The highest BCUT2D eigenvalue weighted by molar-refractivity contribution is 4.89. The highest BCUT2D eigenvalue weighted by atomic mass is 16.3. The SMILES string of the molecule is CC1CCC(CN)C(N2CCC(CO)C2)C1. The molecule has 4 unspecified atom stereocenters. The van der Waals surface area contributed by atoms with Gasteiger partial charge in [0.1, 0.15) is 0 Å². The van der Waals surface area contributed by atoms with Crippen molar-refractivity contribution in [3.8, 4) is 0 Å². The second kappa shape index (κ2) is 5.48. The predicted octanol–water partition coefficient (Wildman–Crippen LogP) is 1.06. The van der Waals surface area contributed by atoms with E-state index in [2.05, 4.69) is 11.8 Å². The molecular weight excluding hydrogens is 200 g/mol. The van der Waals surface area contributed by atoms with Gasteiger partial charge in [-0.3, -0.25) is 4.90 Å². The summed E-state index contributed by atoms with van der Waals surface area (Å²) in [5.74, 6) is 2.05. The molecule has 3 nitrogen and oxygen atoms in total. The second-order valence-corrected chi connectivity index (χ2v) is 5.81. The molecule has 1 heterocycles. The lowest BCUT2D eigenvalue weighted by Gasteiger charge is -2.40. The van der Waals surface area contributed by atoms with Crippen LogP contribution in [-0.4, -0.2) is 42.3 Å². The van der Waals surface area contributed by atoms with Crippen LogP contribution in [0.3, 0.4) is 0 Å². The fourth-order valence-electron chi connectivity index (χ4n) is 3.45. The van der Waals surface area contributed by atoms with Gasteiger partial charge >= 0.3 is 0 Å². The first-order valence-electron chi connectivity index (χ1n) is 6.79. The number of nitrogens with two attached hydrogens (primary N) is 1. The van der Waals surface area contributed by atoms with Gasteiger partial charge in [-0.1, -0.05) is 13.3 Å². The summed E-state index contributed by atoms with van der Waals surface area (Å²) in [5, 5.41) is 9.21. The lowest BCUT2D eigenvalue weighted by molar-refractivity contribution is 0.0995. The van der Waals surface area contributed by atoms with Crippen LogP contribution in [0.5, 0.6) is 0 Å². The highest BCUT2D eigenvalue weighted by Gasteiger charge is 2.35. The van der Waals surface area contributed by atoms with Crippen molar-refractivity contribution < 1.29 is 5.11 Å². The molecule has 0 amide bonds. The predicted molar refractivity (Wildman–Crippen MR) is 66.1 cm³/mol. The Bertz CT molecular complexity index is 222. The second-order valence-electron chi connectivity index (χ2n) is 5.81. The van der Waals surface area contributed by atoms with Crippen LogP contribution < -0.4 is 5.73 Å². The third kappa shape index (κ3) is 2.58. The number of hydrogen-bond acceptors (Lipinski definition) is 3. The molecular formula is C13H26N2O. The van der Waals surface area contributed by atoms with Crippen LogP contribution in [0.15, 0.2) is 0 Å². The minimum Gasteiger partial charge on any atom is -0.396 e. The molecule has 1 aliphatic heterocycles. The Labute approximate surface area is 99.0 Å². The summed E-state index contributed by atoms with van der Waals surface area (Å²) in [5.41, 5.74) is 5.90. The fourth-order valence-corrected chi connectivity index (χ4v) is 3.45. The summed E-state index contributed by atoms with van der Waals surface area (Å²) in [7, 11) is 0. The summed E-state index contributed by atoms with van der Waals surface area (Å²) >= 11 is 0. The summed E-state index contributed by atoms with van der Waals surface area (Å²) in [6, 6.07) is 0.685. The fraction of sp³-hybridized carbons (Fsp3) is 1.00. The van der Waals surface area contributed by atoms with E-state index in [4.69, 9.17) is 5.73 Å². The van der Waals surface area contributed by atoms with Crippen molar-refractivity contribution in [2.24, 2.45) is 23.5 Å². The maximum Gasteiger partial charge on any atom is 0.0471 e. The van der Waals surface area contributed by atoms with E-state index in [0.29, 0.717) is 24.5 Å². The third-order valence-corrected chi connectivity index (χ3v) is 4.57. The van der Waals surface area contributed by atoms with E-state index in [1.165, 1.54) is 32.2 Å². The Hall–Kier alpha value is -0.120. The van der Waals surface area contributed by atoms with Gasteiger partial charge in [0.05, 0.1) is 0 Å². The summed E-state index contributed by atoms with van der Waals surface area (Å²) < 4.78 is 0. The minimum atomic E-state index is 0.353. The number of aliphatic hydroxyl groups excluding tert-OH is 1. The zero-order valence-electron chi connectivity index (χ0n) is 10.4. The van der Waals surface area contributed by atoms with Crippen LogP contribution in [0.2, 0.25) is 0 Å². The van der Waals surface area contributed by atoms with Gasteiger partial charge in [-0.2, -0.15) is 0 Å². The Morgan fingerprint density at radius 3 is 2.75 bits per heavy atom. The van der Waals surface area contributed by atoms with Gasteiger partial charge in [0.2, 0.25) is 0 Å². The quantitative estimate of drug-likeness (QED) is 0.756. The van der Waals surface area contributed by atoms with Gasteiger partial charge in [0, 0.05) is 19.2 Å². The van der Waals surface area contributed by atoms with Crippen LogP contribution in [0, 0.1) is 17.8 Å². The monoisotopic (exact) mass is 226 g/mol. The molecule has 0 bridgehead atoms. The first-order valence-corrected chi connectivity index (χ1v) is 6.79. The molecule has 0 radical (unpaired) electrons. The van der Waals surface area contributed by atoms with Crippen molar-refractivity contribution in [1.29, 1.82) is 0 Å². The number of nitrogens with zero attached hydrogens (tertiary/aromatic N) is 1. The van der Waals surface area contributed by atoms with Gasteiger partial charge in [0.25, 0.3) is 0 Å². The average molecular weight is 226 g/mol. The first kappa shape index (κ1) is 12.3. The van der Waals surface area contributed by atoms with Crippen LogP contribution >= 0.6 is 0 Å². The van der Waals surface area contributed by atoms with Gasteiger partial charge in [0.15, 0.2) is 0 Å². The zero-order chi connectivity index (χ0) is 11.5. The van der Waals surface area contributed by atoms with Crippen molar-refractivity contribution >= 4 is 0 Å². The zero-order valence-corrected chi connectivity index (χ0v) is 10.4. The molecule has 3 N–H and O–H groups in total. The molecule has 4 atom stereocenters. The normalized spacial score (nSPS) is 41.4. The smallest absolute Gasteiger partial charge is 0.0471 e. The molecule has 94 valence electrons. The van der Waals surface area contributed by atoms with Crippen molar-refractivity contribution in [1.82, 2.24) is 4.90 Å². The van der Waals surface area contributed by atoms with Crippen molar-refractivity contribution in [3.05, 3.63) is 0 Å². The molecule has 3 heteroatoms. The van der Waals surface area contributed by atoms with Crippen LogP contribution in [0.1, 0.15) is 32.6 Å². The van der Waals surface area contributed by atoms with Crippen LogP contribution in [0.25, 0.3) is 0 Å². The Kier molecular flexibility index (Phi) is 4.22. The summed E-state index contributed by atoms with van der Waals surface area (Å²) in [4.78, 5) is 2.59. The number of rotatable bonds is 3. The largest absolute Gasteiger partial charge is 0.396 e. The van der Waals surface area contributed by atoms with Gasteiger partial charge in [-0.15, -0.1) is 0 Å². The van der Waals surface area contributed by atoms with Crippen molar-refractivity contribution in [3.63, 3.8) is 0 Å². The Balaban J connectivity index is 1.95. The molecule has 0 spiro atoms. The van der Waals surface area contributed by atoms with E-state index in [-0.39, 0.29) is 0 Å².